The first-order valence-corrected chi connectivity index (χ1v) is 9.37. The van der Waals surface area contributed by atoms with Gasteiger partial charge in [-0.15, -0.1) is 0 Å². The molecule has 1 heterocycles. The molecule has 1 unspecified atom stereocenters. The lowest BCUT2D eigenvalue weighted by Gasteiger charge is -2.34. The molecule has 9 nitrogen and oxygen atoms in total. The summed E-state index contributed by atoms with van der Waals surface area (Å²) in [6.07, 6.45) is 0.676. The van der Waals surface area contributed by atoms with Crippen molar-refractivity contribution in [1.82, 2.24) is 10.2 Å². The molecule has 2 atom stereocenters. The van der Waals surface area contributed by atoms with Gasteiger partial charge in [-0.25, -0.2) is 9.79 Å². The number of aliphatic hydroxyl groups excluding tert-OH is 1. The van der Waals surface area contributed by atoms with Crippen molar-refractivity contribution in [1.29, 1.82) is 0 Å². The number of nitrogens with zero attached hydrogens (tertiary/aromatic N) is 3. The average molecular weight is 412 g/mol. The molecular weight excluding hydrogens is 386 g/mol. The SMILES string of the molecule is CC(NC(=NCCCO)/N=C\N)c1cc(Cl)cc([C@@H]2COCCN2C(=O)O)c1. The molecule has 5 N–H and O–H groups in total. The van der Waals surface area contributed by atoms with Gasteiger partial charge in [0, 0.05) is 24.7 Å². The summed E-state index contributed by atoms with van der Waals surface area (Å²) in [4.78, 5) is 21.2. The van der Waals surface area contributed by atoms with E-state index in [9.17, 15) is 9.90 Å². The molecule has 0 radical (unpaired) electrons. The second-order valence-electron chi connectivity index (χ2n) is 6.31. The van der Waals surface area contributed by atoms with Crippen LogP contribution in [0.15, 0.2) is 28.2 Å². The van der Waals surface area contributed by atoms with Crippen molar-refractivity contribution >= 4 is 30.0 Å². The summed E-state index contributed by atoms with van der Waals surface area (Å²) >= 11 is 6.30. The zero-order valence-corrected chi connectivity index (χ0v) is 16.5. The maximum Gasteiger partial charge on any atom is 0.407 e. The van der Waals surface area contributed by atoms with Crippen LogP contribution < -0.4 is 11.1 Å². The number of nitrogens with one attached hydrogen (secondary N) is 1. The van der Waals surface area contributed by atoms with Gasteiger partial charge >= 0.3 is 6.09 Å². The molecule has 0 saturated carbocycles. The molecule has 0 aromatic heterocycles. The molecule has 28 heavy (non-hydrogen) atoms. The van der Waals surface area contributed by atoms with E-state index in [1.54, 1.807) is 12.1 Å². The fourth-order valence-corrected chi connectivity index (χ4v) is 3.17. The van der Waals surface area contributed by atoms with Crippen LogP contribution in [0.5, 0.6) is 0 Å². The van der Waals surface area contributed by atoms with Crippen molar-refractivity contribution < 1.29 is 19.7 Å². The van der Waals surface area contributed by atoms with E-state index in [0.29, 0.717) is 37.1 Å². The number of amides is 1. The lowest BCUT2D eigenvalue weighted by Crippen LogP contribution is -2.42. The topological polar surface area (TPSA) is 133 Å². The molecular formula is C18H26ClN5O4. The van der Waals surface area contributed by atoms with E-state index >= 15 is 0 Å². The maximum absolute atomic E-state index is 11.5. The first-order valence-electron chi connectivity index (χ1n) is 9.00. The summed E-state index contributed by atoms with van der Waals surface area (Å²) in [7, 11) is 0. The van der Waals surface area contributed by atoms with Gasteiger partial charge in [0.1, 0.15) is 0 Å². The van der Waals surface area contributed by atoms with Gasteiger partial charge in [-0.1, -0.05) is 17.7 Å². The van der Waals surface area contributed by atoms with Crippen LogP contribution in [-0.2, 0) is 4.74 Å². The molecule has 10 heteroatoms. The number of ether oxygens (including phenoxy) is 1. The fourth-order valence-electron chi connectivity index (χ4n) is 2.91. The van der Waals surface area contributed by atoms with Crippen LogP contribution >= 0.6 is 11.6 Å². The summed E-state index contributed by atoms with van der Waals surface area (Å²) in [6.45, 7) is 3.33. The van der Waals surface area contributed by atoms with E-state index in [1.807, 2.05) is 13.0 Å². The third-order valence-electron chi connectivity index (χ3n) is 4.32. The van der Waals surface area contributed by atoms with Crippen LogP contribution in [-0.4, -0.2) is 66.4 Å². The van der Waals surface area contributed by atoms with Gasteiger partial charge in [-0.3, -0.25) is 9.89 Å². The third kappa shape index (κ3) is 6.08. The largest absolute Gasteiger partial charge is 0.465 e. The highest BCUT2D eigenvalue weighted by Gasteiger charge is 2.29. The molecule has 1 aliphatic rings. The second kappa shape index (κ2) is 10.8. The van der Waals surface area contributed by atoms with Crippen LogP contribution in [0.2, 0.25) is 5.02 Å². The number of aliphatic hydroxyl groups is 1. The zero-order chi connectivity index (χ0) is 20.5. The Morgan fingerprint density at radius 3 is 3.00 bits per heavy atom. The Balaban J connectivity index is 2.23. The van der Waals surface area contributed by atoms with Gasteiger partial charge in [-0.2, -0.15) is 0 Å². The highest BCUT2D eigenvalue weighted by Crippen LogP contribution is 2.29. The number of carboxylic acid groups (broad SMARTS) is 1. The second-order valence-corrected chi connectivity index (χ2v) is 6.75. The highest BCUT2D eigenvalue weighted by molar-refractivity contribution is 6.30. The summed E-state index contributed by atoms with van der Waals surface area (Å²) in [5, 5.41) is 22.0. The van der Waals surface area contributed by atoms with Crippen LogP contribution in [0.25, 0.3) is 0 Å². The Morgan fingerprint density at radius 1 is 1.54 bits per heavy atom. The van der Waals surface area contributed by atoms with Crippen LogP contribution in [0.4, 0.5) is 4.79 Å². The number of halogens is 1. The minimum atomic E-state index is -0.989. The van der Waals surface area contributed by atoms with E-state index in [0.717, 1.165) is 17.5 Å². The zero-order valence-electron chi connectivity index (χ0n) is 15.7. The van der Waals surface area contributed by atoms with E-state index in [-0.39, 0.29) is 19.3 Å². The molecule has 1 aromatic rings. The highest BCUT2D eigenvalue weighted by atomic mass is 35.5. The number of benzene rings is 1. The quantitative estimate of drug-likeness (QED) is 0.320. The van der Waals surface area contributed by atoms with Crippen molar-refractivity contribution in [2.75, 3.05) is 32.9 Å². The predicted molar refractivity (Wildman–Crippen MR) is 108 cm³/mol. The molecule has 1 saturated heterocycles. The Kier molecular flexibility index (Phi) is 8.49. The van der Waals surface area contributed by atoms with Crippen molar-refractivity contribution in [3.05, 3.63) is 34.3 Å². The van der Waals surface area contributed by atoms with Gasteiger partial charge in [0.25, 0.3) is 0 Å². The molecule has 0 spiro atoms. The monoisotopic (exact) mass is 411 g/mol. The lowest BCUT2D eigenvalue weighted by molar-refractivity contribution is -0.000921. The Morgan fingerprint density at radius 2 is 2.32 bits per heavy atom. The average Bonchev–Trinajstić information content (AvgIpc) is 2.67. The number of hydrogen-bond acceptors (Lipinski definition) is 4. The van der Waals surface area contributed by atoms with Crippen LogP contribution in [0, 0.1) is 0 Å². The normalized spacial score (nSPS) is 19.0. The number of guanidine groups is 1. The number of rotatable bonds is 6. The first kappa shape index (κ1) is 21.9. The molecule has 1 aliphatic heterocycles. The maximum atomic E-state index is 11.5. The smallest absolute Gasteiger partial charge is 0.407 e. The molecule has 1 amide bonds. The number of aliphatic imine (C=N–C) groups is 2. The van der Waals surface area contributed by atoms with E-state index < -0.39 is 12.1 Å². The molecule has 1 fully saturated rings. The van der Waals surface area contributed by atoms with Gasteiger partial charge in [-0.05, 0) is 36.6 Å². The number of carbonyl (C=O) groups is 1. The summed E-state index contributed by atoms with van der Waals surface area (Å²) in [6, 6.07) is 4.82. The lowest BCUT2D eigenvalue weighted by atomic mass is 9.99. The van der Waals surface area contributed by atoms with Crippen LogP contribution in [0.1, 0.15) is 36.6 Å². The van der Waals surface area contributed by atoms with Crippen molar-refractivity contribution in [3.63, 3.8) is 0 Å². The predicted octanol–water partition coefficient (Wildman–Crippen LogP) is 1.77. The van der Waals surface area contributed by atoms with Gasteiger partial charge < -0.3 is 26.0 Å². The van der Waals surface area contributed by atoms with Gasteiger partial charge in [0.15, 0.2) is 0 Å². The van der Waals surface area contributed by atoms with Crippen molar-refractivity contribution in [3.8, 4) is 0 Å². The Hall–Kier alpha value is -2.36. The standard InChI is InChI=1S/C18H26ClN5O4/c1-12(23-17(22-11-20)21-3-2-5-25)13-7-14(9-15(19)8-13)16-10-28-6-4-24(16)18(26)27/h7-9,11-12,16,25H,2-6,10H2,1H3,(H,26,27)(H3,20,21,22,23)/t12?,16-/m0/s1. The minimum absolute atomic E-state index is 0.0415. The molecule has 0 bridgehead atoms. The molecule has 154 valence electrons. The third-order valence-corrected chi connectivity index (χ3v) is 4.54. The molecule has 0 aliphatic carbocycles. The minimum Gasteiger partial charge on any atom is -0.465 e. The number of hydrogen-bond donors (Lipinski definition) is 4. The van der Waals surface area contributed by atoms with Gasteiger partial charge in [0.05, 0.1) is 31.6 Å². The van der Waals surface area contributed by atoms with Crippen LogP contribution in [0.3, 0.4) is 0 Å². The number of morpholine rings is 1. The Bertz CT molecular complexity index is 728. The van der Waals surface area contributed by atoms with Crippen molar-refractivity contribution in [2.45, 2.75) is 25.4 Å². The van der Waals surface area contributed by atoms with E-state index in [2.05, 4.69) is 15.3 Å². The first-order chi connectivity index (χ1) is 13.5. The summed E-state index contributed by atoms with van der Waals surface area (Å²) < 4.78 is 5.47. The summed E-state index contributed by atoms with van der Waals surface area (Å²) in [5.41, 5.74) is 6.99. The Labute approximate surface area is 168 Å². The van der Waals surface area contributed by atoms with E-state index in [4.69, 9.17) is 27.2 Å². The summed E-state index contributed by atoms with van der Waals surface area (Å²) in [5.74, 6) is 0.345. The van der Waals surface area contributed by atoms with Crippen molar-refractivity contribution in [2.24, 2.45) is 15.7 Å². The molecule has 2 rings (SSSR count). The van der Waals surface area contributed by atoms with Gasteiger partial charge in [0.2, 0.25) is 5.96 Å². The fraction of sp³-hybridized carbons (Fsp3) is 0.500. The number of nitrogens with two attached hydrogens (primary N) is 1. The molecule has 1 aromatic carbocycles. The van der Waals surface area contributed by atoms with E-state index in [1.165, 1.54) is 4.90 Å².